The van der Waals surface area contributed by atoms with Gasteiger partial charge in [-0.1, -0.05) is 6.07 Å². The third-order valence-electron chi connectivity index (χ3n) is 6.76. The van der Waals surface area contributed by atoms with Crippen LogP contribution in [0.3, 0.4) is 0 Å². The molecule has 9 heteroatoms. The average molecular weight is 456 g/mol. The first kappa shape index (κ1) is 22.7. The molecule has 0 bridgehead atoms. The van der Waals surface area contributed by atoms with E-state index in [9.17, 15) is 23.2 Å². The molecule has 2 aliphatic rings. The van der Waals surface area contributed by atoms with Crippen LogP contribution in [0, 0.1) is 18.6 Å². The normalized spacial score (nSPS) is 18.9. The highest BCUT2D eigenvalue weighted by Gasteiger charge is 2.42. The molecular formula is C24H26F2N4O3. The molecule has 1 unspecified atom stereocenters. The number of carbonyl (C=O) groups is 3. The maximum absolute atomic E-state index is 14.5. The Labute approximate surface area is 190 Å². The third-order valence-corrected chi connectivity index (χ3v) is 6.76. The van der Waals surface area contributed by atoms with Gasteiger partial charge in [0.15, 0.2) is 0 Å². The molecule has 2 aliphatic heterocycles. The van der Waals surface area contributed by atoms with Crippen molar-refractivity contribution in [1.29, 1.82) is 0 Å². The van der Waals surface area contributed by atoms with Crippen molar-refractivity contribution in [2.45, 2.75) is 44.6 Å². The Bertz CT molecular complexity index is 1110. The summed E-state index contributed by atoms with van der Waals surface area (Å²) in [5.41, 5.74) is 7.00. The van der Waals surface area contributed by atoms with E-state index in [1.54, 1.807) is 17.0 Å². The fraction of sp³-hybridized carbons (Fsp3) is 0.375. The number of carbonyl (C=O) groups excluding carboxylic acids is 3. The van der Waals surface area contributed by atoms with Crippen LogP contribution in [0.25, 0.3) is 0 Å². The lowest BCUT2D eigenvalue weighted by Gasteiger charge is -2.39. The molecule has 1 atom stereocenters. The molecule has 0 aliphatic carbocycles. The van der Waals surface area contributed by atoms with Gasteiger partial charge in [-0.2, -0.15) is 0 Å². The summed E-state index contributed by atoms with van der Waals surface area (Å²) in [5.74, 6) is -2.15. The lowest BCUT2D eigenvalue weighted by molar-refractivity contribution is -0.134. The Morgan fingerprint density at radius 2 is 1.85 bits per heavy atom. The van der Waals surface area contributed by atoms with Crippen molar-refractivity contribution < 1.29 is 23.2 Å². The Morgan fingerprint density at radius 1 is 1.15 bits per heavy atom. The fourth-order valence-corrected chi connectivity index (χ4v) is 4.78. The highest BCUT2D eigenvalue weighted by atomic mass is 19.1. The number of benzene rings is 2. The summed E-state index contributed by atoms with van der Waals surface area (Å²) in [6.07, 6.45) is 0.691. The quantitative estimate of drug-likeness (QED) is 0.658. The second kappa shape index (κ2) is 8.46. The molecule has 0 aromatic heterocycles. The van der Waals surface area contributed by atoms with E-state index in [2.05, 4.69) is 10.6 Å². The number of likely N-dealkylation sites (tertiary alicyclic amines) is 1. The van der Waals surface area contributed by atoms with Gasteiger partial charge < -0.3 is 21.3 Å². The predicted molar refractivity (Wildman–Crippen MR) is 120 cm³/mol. The van der Waals surface area contributed by atoms with Crippen molar-refractivity contribution in [3.05, 3.63) is 58.7 Å². The number of aryl methyl sites for hydroxylation is 1. The summed E-state index contributed by atoms with van der Waals surface area (Å²) < 4.78 is 28.7. The molecule has 0 spiro atoms. The summed E-state index contributed by atoms with van der Waals surface area (Å²) in [4.78, 5) is 38.6. The van der Waals surface area contributed by atoms with Crippen molar-refractivity contribution in [2.24, 2.45) is 5.73 Å². The number of primary amides is 1. The van der Waals surface area contributed by atoms with Crippen LogP contribution in [0.15, 0.2) is 30.3 Å². The number of nitrogens with two attached hydrogens (primary N) is 1. The smallest absolute Gasteiger partial charge is 0.247 e. The van der Waals surface area contributed by atoms with Crippen molar-refractivity contribution in [2.75, 3.05) is 23.7 Å². The van der Waals surface area contributed by atoms with Crippen molar-refractivity contribution in [1.82, 2.24) is 4.90 Å². The fourth-order valence-electron chi connectivity index (χ4n) is 4.78. The zero-order valence-electron chi connectivity index (χ0n) is 18.5. The summed E-state index contributed by atoms with van der Waals surface area (Å²) in [6, 6.07) is 6.24. The van der Waals surface area contributed by atoms with Gasteiger partial charge in [0.25, 0.3) is 0 Å². The standard InChI is InChI=1S/C24H26F2N4O3/c1-13-3-4-19(26)18-12-20(29-21(13)18)22(32)28-17-10-15(9-16(25)11-17)24(23(27)33)5-7-30(8-6-24)14(2)31/h3-4,9-11,20,29H,5-8,12H2,1-2H3,(H2,27,33)(H,28,32). The Morgan fingerprint density at radius 3 is 2.45 bits per heavy atom. The van der Waals surface area contributed by atoms with Gasteiger partial charge in [-0.3, -0.25) is 14.4 Å². The first-order valence-corrected chi connectivity index (χ1v) is 10.8. The van der Waals surface area contributed by atoms with Gasteiger partial charge >= 0.3 is 0 Å². The van der Waals surface area contributed by atoms with Gasteiger partial charge in [-0.15, -0.1) is 0 Å². The van der Waals surface area contributed by atoms with Gasteiger partial charge in [0.2, 0.25) is 17.7 Å². The van der Waals surface area contributed by atoms with Crippen molar-refractivity contribution >= 4 is 29.1 Å². The van der Waals surface area contributed by atoms with Crippen LogP contribution in [0.2, 0.25) is 0 Å². The monoisotopic (exact) mass is 456 g/mol. The number of hydrogen-bond donors (Lipinski definition) is 3. The third kappa shape index (κ3) is 4.15. The number of nitrogens with zero attached hydrogens (tertiary/aromatic N) is 1. The molecule has 7 nitrogen and oxygen atoms in total. The van der Waals surface area contributed by atoms with E-state index in [0.717, 1.165) is 11.6 Å². The first-order chi connectivity index (χ1) is 15.6. The van der Waals surface area contributed by atoms with Gasteiger partial charge in [0, 0.05) is 43.4 Å². The molecule has 2 aromatic rings. The maximum Gasteiger partial charge on any atom is 0.247 e. The SMILES string of the molecule is CC(=O)N1CCC(C(N)=O)(c2cc(F)cc(NC(=O)C3Cc4c(F)ccc(C)c4N3)c2)CC1. The second-order valence-corrected chi connectivity index (χ2v) is 8.79. The highest BCUT2D eigenvalue weighted by Crippen LogP contribution is 2.37. The lowest BCUT2D eigenvalue weighted by Crippen LogP contribution is -2.51. The topological polar surface area (TPSA) is 105 Å². The molecule has 1 saturated heterocycles. The molecule has 4 N–H and O–H groups in total. The van der Waals surface area contributed by atoms with Gasteiger partial charge in [-0.25, -0.2) is 8.78 Å². The number of nitrogens with one attached hydrogen (secondary N) is 2. The number of rotatable bonds is 4. The molecule has 4 rings (SSSR count). The molecule has 0 radical (unpaired) electrons. The van der Waals surface area contributed by atoms with Crippen LogP contribution in [0.5, 0.6) is 0 Å². The summed E-state index contributed by atoms with van der Waals surface area (Å²) in [6.45, 7) is 3.93. The second-order valence-electron chi connectivity index (χ2n) is 8.79. The Balaban J connectivity index is 1.56. The number of amides is 3. The first-order valence-electron chi connectivity index (χ1n) is 10.8. The number of halogens is 2. The lowest BCUT2D eigenvalue weighted by atomic mass is 9.72. The van der Waals surface area contributed by atoms with E-state index in [4.69, 9.17) is 5.73 Å². The van der Waals surface area contributed by atoms with Gasteiger partial charge in [0.05, 0.1) is 5.41 Å². The minimum absolute atomic E-state index is 0.100. The maximum atomic E-state index is 14.5. The minimum atomic E-state index is -1.14. The highest BCUT2D eigenvalue weighted by molar-refractivity contribution is 5.98. The van der Waals surface area contributed by atoms with E-state index in [-0.39, 0.29) is 36.7 Å². The van der Waals surface area contributed by atoms with Gasteiger partial charge in [-0.05, 0) is 55.2 Å². The predicted octanol–water partition coefficient (Wildman–Crippen LogP) is 2.61. The summed E-state index contributed by atoms with van der Waals surface area (Å²) >= 11 is 0. The minimum Gasteiger partial charge on any atom is -0.373 e. The Hall–Kier alpha value is -3.49. The average Bonchev–Trinajstić information content (AvgIpc) is 3.23. The molecule has 3 amide bonds. The van der Waals surface area contributed by atoms with Crippen LogP contribution in [-0.2, 0) is 26.2 Å². The zero-order valence-corrected chi connectivity index (χ0v) is 18.5. The van der Waals surface area contributed by atoms with Gasteiger partial charge in [0.1, 0.15) is 17.7 Å². The van der Waals surface area contributed by atoms with Crippen LogP contribution in [0.1, 0.15) is 36.5 Å². The molecule has 174 valence electrons. The van der Waals surface area contributed by atoms with E-state index in [1.165, 1.54) is 19.1 Å². The summed E-state index contributed by atoms with van der Waals surface area (Å²) in [5, 5.41) is 5.72. The molecule has 33 heavy (non-hydrogen) atoms. The molecule has 2 aromatic carbocycles. The van der Waals surface area contributed by atoms with E-state index >= 15 is 0 Å². The van der Waals surface area contributed by atoms with Crippen LogP contribution in [-0.4, -0.2) is 41.8 Å². The van der Waals surface area contributed by atoms with Crippen molar-refractivity contribution in [3.8, 4) is 0 Å². The van der Waals surface area contributed by atoms with Crippen molar-refractivity contribution in [3.63, 3.8) is 0 Å². The number of hydrogen-bond acceptors (Lipinski definition) is 4. The van der Waals surface area contributed by atoms with Crippen LogP contribution >= 0.6 is 0 Å². The molecular weight excluding hydrogens is 430 g/mol. The Kier molecular flexibility index (Phi) is 5.82. The van der Waals surface area contributed by atoms with Crippen LogP contribution < -0.4 is 16.4 Å². The number of piperidine rings is 1. The molecule has 0 saturated carbocycles. The number of anilines is 2. The van der Waals surface area contributed by atoms with E-state index in [0.29, 0.717) is 29.9 Å². The van der Waals surface area contributed by atoms with E-state index in [1.807, 2.05) is 6.92 Å². The van der Waals surface area contributed by atoms with E-state index < -0.39 is 29.1 Å². The summed E-state index contributed by atoms with van der Waals surface area (Å²) in [7, 11) is 0. The largest absolute Gasteiger partial charge is 0.373 e. The zero-order chi connectivity index (χ0) is 23.9. The molecule has 2 heterocycles. The van der Waals surface area contributed by atoms with Crippen LogP contribution in [0.4, 0.5) is 20.2 Å². The molecule has 1 fully saturated rings. The number of fused-ring (bicyclic) bond motifs is 1.